The summed E-state index contributed by atoms with van der Waals surface area (Å²) in [4.78, 5) is 44.8. The highest BCUT2D eigenvalue weighted by atomic mass is 79.9. The number of benzene rings is 1. The zero-order valence-electron chi connectivity index (χ0n) is 15.6. The lowest BCUT2D eigenvalue weighted by molar-refractivity contribution is 0.0844. The summed E-state index contributed by atoms with van der Waals surface area (Å²) in [6.45, 7) is 0.681. The highest BCUT2D eigenvalue weighted by Gasteiger charge is 2.15. The van der Waals surface area contributed by atoms with Crippen molar-refractivity contribution in [1.82, 2.24) is 25.4 Å². The zero-order chi connectivity index (χ0) is 20.4. The van der Waals surface area contributed by atoms with Crippen molar-refractivity contribution in [2.75, 3.05) is 0 Å². The van der Waals surface area contributed by atoms with E-state index >= 15 is 0 Å². The van der Waals surface area contributed by atoms with Crippen molar-refractivity contribution in [3.05, 3.63) is 62.4 Å². The van der Waals surface area contributed by atoms with Crippen LogP contribution >= 0.6 is 15.9 Å². The van der Waals surface area contributed by atoms with Gasteiger partial charge in [-0.05, 0) is 53.0 Å². The molecule has 2 amide bonds. The molecule has 0 atom stereocenters. The Kier molecular flexibility index (Phi) is 5.48. The van der Waals surface area contributed by atoms with Gasteiger partial charge in [0, 0.05) is 29.2 Å². The fourth-order valence-corrected chi connectivity index (χ4v) is 3.83. The Bertz CT molecular complexity index is 1150. The number of halogens is 1. The second-order valence-electron chi connectivity index (χ2n) is 7.02. The number of H-pyrrole nitrogens is 1. The van der Waals surface area contributed by atoms with E-state index in [0.29, 0.717) is 28.7 Å². The molecule has 29 heavy (non-hydrogen) atoms. The third-order valence-electron chi connectivity index (χ3n) is 5.01. The Morgan fingerprint density at radius 3 is 2.66 bits per heavy atom. The molecule has 0 unspecified atom stereocenters. The number of amides is 2. The molecule has 1 aromatic carbocycles. The van der Waals surface area contributed by atoms with Gasteiger partial charge in [0.05, 0.1) is 10.9 Å². The molecule has 0 bridgehead atoms. The van der Waals surface area contributed by atoms with Crippen LogP contribution in [0, 0.1) is 0 Å². The van der Waals surface area contributed by atoms with E-state index in [1.54, 1.807) is 35.0 Å². The molecule has 150 valence electrons. The van der Waals surface area contributed by atoms with E-state index in [4.69, 9.17) is 0 Å². The topological polar surface area (TPSA) is 109 Å². The third kappa shape index (κ3) is 4.09. The fourth-order valence-electron chi connectivity index (χ4n) is 3.49. The van der Waals surface area contributed by atoms with Gasteiger partial charge in [0.1, 0.15) is 11.5 Å². The smallest absolute Gasteiger partial charge is 0.286 e. The van der Waals surface area contributed by atoms with Gasteiger partial charge in [0.2, 0.25) is 0 Å². The minimum absolute atomic E-state index is 0.0653. The first-order valence-electron chi connectivity index (χ1n) is 9.51. The van der Waals surface area contributed by atoms with Crippen LogP contribution in [0.5, 0.6) is 0 Å². The van der Waals surface area contributed by atoms with E-state index < -0.39 is 11.8 Å². The third-order valence-corrected chi connectivity index (χ3v) is 5.47. The number of carbonyl (C=O) groups is 2. The lowest BCUT2D eigenvalue weighted by atomic mass is 10.1. The SMILES string of the molecule is O=C(NNC(=O)c1cc(Br)c[nH]1)c1ccc2c(=O)n3c(nc2c1)CCCCCC3. The number of carbonyl (C=O) groups excluding carboxylic acids is 2. The van der Waals surface area contributed by atoms with Crippen molar-refractivity contribution in [3.8, 4) is 0 Å². The molecule has 0 spiro atoms. The average Bonchev–Trinajstić information content (AvgIpc) is 3.13. The summed E-state index contributed by atoms with van der Waals surface area (Å²) in [6.07, 6.45) is 6.59. The Morgan fingerprint density at radius 1 is 1.07 bits per heavy atom. The lowest BCUT2D eigenvalue weighted by Crippen LogP contribution is -2.41. The number of hydrogen-bond donors (Lipinski definition) is 3. The number of hydrazine groups is 1. The first-order valence-corrected chi connectivity index (χ1v) is 10.3. The van der Waals surface area contributed by atoms with Crippen molar-refractivity contribution in [2.24, 2.45) is 0 Å². The number of aryl methyl sites for hydroxylation is 1. The zero-order valence-corrected chi connectivity index (χ0v) is 17.2. The van der Waals surface area contributed by atoms with E-state index in [0.717, 1.165) is 42.4 Å². The summed E-state index contributed by atoms with van der Waals surface area (Å²) in [5.74, 6) is -0.188. The Labute approximate surface area is 174 Å². The summed E-state index contributed by atoms with van der Waals surface area (Å²) in [5.41, 5.74) is 5.79. The van der Waals surface area contributed by atoms with Crippen LogP contribution in [0.2, 0.25) is 0 Å². The first kappa shape index (κ1) is 19.4. The molecule has 2 aromatic heterocycles. The summed E-state index contributed by atoms with van der Waals surface area (Å²) < 4.78 is 2.49. The van der Waals surface area contributed by atoms with Crippen LogP contribution < -0.4 is 16.4 Å². The van der Waals surface area contributed by atoms with Crippen molar-refractivity contribution < 1.29 is 9.59 Å². The minimum Gasteiger partial charge on any atom is -0.356 e. The summed E-state index contributed by atoms with van der Waals surface area (Å²) >= 11 is 3.25. The van der Waals surface area contributed by atoms with Crippen LogP contribution in [0.4, 0.5) is 0 Å². The van der Waals surface area contributed by atoms with Crippen molar-refractivity contribution in [2.45, 2.75) is 38.6 Å². The normalized spacial score (nSPS) is 14.0. The van der Waals surface area contributed by atoms with E-state index in [1.165, 1.54) is 0 Å². The van der Waals surface area contributed by atoms with Gasteiger partial charge in [-0.25, -0.2) is 4.98 Å². The molecular weight excluding hydrogens is 438 g/mol. The van der Waals surface area contributed by atoms with Crippen molar-refractivity contribution in [1.29, 1.82) is 0 Å². The quantitative estimate of drug-likeness (QED) is 0.513. The van der Waals surface area contributed by atoms with Gasteiger partial charge < -0.3 is 4.98 Å². The average molecular weight is 458 g/mol. The maximum absolute atomic E-state index is 12.9. The van der Waals surface area contributed by atoms with Gasteiger partial charge in [0.15, 0.2) is 0 Å². The number of aromatic nitrogens is 3. The number of nitrogens with one attached hydrogen (secondary N) is 3. The fraction of sp³-hybridized carbons (Fsp3) is 0.300. The van der Waals surface area contributed by atoms with Gasteiger partial charge >= 0.3 is 0 Å². The number of fused-ring (bicyclic) bond motifs is 2. The Morgan fingerprint density at radius 2 is 1.86 bits per heavy atom. The van der Waals surface area contributed by atoms with E-state index in [2.05, 4.69) is 36.7 Å². The summed E-state index contributed by atoms with van der Waals surface area (Å²) in [6, 6.07) is 6.37. The molecule has 0 saturated heterocycles. The molecule has 3 aromatic rings. The van der Waals surface area contributed by atoms with Gasteiger partial charge in [-0.2, -0.15) is 0 Å². The minimum atomic E-state index is -0.487. The van der Waals surface area contributed by atoms with Crippen LogP contribution in [0.1, 0.15) is 52.4 Å². The Hall–Kier alpha value is -2.94. The maximum Gasteiger partial charge on any atom is 0.286 e. The van der Waals surface area contributed by atoms with Crippen LogP contribution in [0.25, 0.3) is 10.9 Å². The molecular formula is C20H20BrN5O3. The number of hydrogen-bond acceptors (Lipinski definition) is 4. The highest BCUT2D eigenvalue weighted by Crippen LogP contribution is 2.16. The standard InChI is InChI=1S/C20H20BrN5O3/c21-13-10-16(22-11-13)19(28)25-24-18(27)12-6-7-14-15(9-12)23-17-5-3-1-2-4-8-26(17)20(14)29/h6-7,9-11,22H,1-5,8H2,(H,24,27)(H,25,28). The molecule has 3 N–H and O–H groups in total. The van der Waals surface area contributed by atoms with Crippen LogP contribution in [-0.2, 0) is 13.0 Å². The monoisotopic (exact) mass is 457 g/mol. The van der Waals surface area contributed by atoms with Crippen LogP contribution in [0.15, 0.2) is 39.7 Å². The van der Waals surface area contributed by atoms with Crippen molar-refractivity contribution in [3.63, 3.8) is 0 Å². The molecule has 3 heterocycles. The molecule has 1 aliphatic rings. The number of rotatable bonds is 2. The molecule has 8 nitrogen and oxygen atoms in total. The summed E-state index contributed by atoms with van der Waals surface area (Å²) in [7, 11) is 0. The van der Waals surface area contributed by atoms with E-state index in [9.17, 15) is 14.4 Å². The molecule has 4 rings (SSSR count). The predicted octanol–water partition coefficient (Wildman–Crippen LogP) is 2.68. The van der Waals surface area contributed by atoms with Crippen LogP contribution in [-0.4, -0.2) is 26.3 Å². The van der Waals surface area contributed by atoms with E-state index in [-0.39, 0.29) is 5.56 Å². The highest BCUT2D eigenvalue weighted by molar-refractivity contribution is 9.10. The van der Waals surface area contributed by atoms with Gasteiger partial charge in [-0.15, -0.1) is 0 Å². The van der Waals surface area contributed by atoms with Gasteiger partial charge in [-0.3, -0.25) is 29.8 Å². The maximum atomic E-state index is 12.9. The number of nitrogens with zero attached hydrogens (tertiary/aromatic N) is 2. The number of aromatic amines is 1. The molecule has 1 aliphatic heterocycles. The van der Waals surface area contributed by atoms with Crippen LogP contribution in [0.3, 0.4) is 0 Å². The molecule has 9 heteroatoms. The second-order valence-corrected chi connectivity index (χ2v) is 7.94. The van der Waals surface area contributed by atoms with Gasteiger partial charge in [-0.1, -0.05) is 12.8 Å². The van der Waals surface area contributed by atoms with Crippen molar-refractivity contribution >= 4 is 38.6 Å². The summed E-state index contributed by atoms with van der Waals surface area (Å²) in [5, 5.41) is 0.492. The first-order chi connectivity index (χ1) is 14.0. The largest absolute Gasteiger partial charge is 0.356 e. The Balaban J connectivity index is 1.56. The second kappa shape index (κ2) is 8.20. The van der Waals surface area contributed by atoms with E-state index in [1.807, 2.05) is 0 Å². The van der Waals surface area contributed by atoms with Gasteiger partial charge in [0.25, 0.3) is 17.4 Å². The molecule has 0 radical (unpaired) electrons. The molecule has 0 aliphatic carbocycles. The molecule has 0 fully saturated rings. The lowest BCUT2D eigenvalue weighted by Gasteiger charge is -2.16. The predicted molar refractivity (Wildman–Crippen MR) is 112 cm³/mol. The molecule has 0 saturated carbocycles.